The molecule has 2 unspecified atom stereocenters. The first-order valence-electron chi connectivity index (χ1n) is 6.76. The van der Waals surface area contributed by atoms with E-state index in [2.05, 4.69) is 16.8 Å². The Balaban J connectivity index is 2.00. The van der Waals surface area contributed by atoms with Crippen LogP contribution in [-0.4, -0.2) is 34.6 Å². The summed E-state index contributed by atoms with van der Waals surface area (Å²) in [5.74, 6) is 0.130. The summed E-state index contributed by atoms with van der Waals surface area (Å²) in [6, 6.07) is 2.19. The number of amides is 2. The zero-order chi connectivity index (χ0) is 14.7. The van der Waals surface area contributed by atoms with E-state index in [4.69, 9.17) is 0 Å². The number of carbonyl (C=O) groups excluding carboxylic acids is 2. The van der Waals surface area contributed by atoms with Gasteiger partial charge in [0.2, 0.25) is 11.8 Å². The van der Waals surface area contributed by atoms with E-state index in [-0.39, 0.29) is 28.5 Å². The van der Waals surface area contributed by atoms with Crippen LogP contribution in [0.5, 0.6) is 0 Å². The monoisotopic (exact) mass is 312 g/mol. The molecule has 6 heteroatoms. The van der Waals surface area contributed by atoms with Crippen LogP contribution < -0.4 is 5.32 Å². The topological polar surface area (TPSA) is 49.4 Å². The highest BCUT2D eigenvalue weighted by Crippen LogP contribution is 2.43. The highest BCUT2D eigenvalue weighted by atomic mass is 32.2. The Labute approximate surface area is 127 Å². The summed E-state index contributed by atoms with van der Waals surface area (Å²) in [6.07, 6.45) is 0.359. The molecule has 0 saturated carbocycles. The van der Waals surface area contributed by atoms with Crippen molar-refractivity contribution in [3.63, 3.8) is 0 Å². The average molecular weight is 312 g/mol. The van der Waals surface area contributed by atoms with Gasteiger partial charge in [-0.25, -0.2) is 0 Å². The standard InChI is InChI=1S/C14H20N2O2S2/c1-9(2)15-12(17)4-6-16-13(18)10(3)20-14(16)11-5-7-19-8-11/h5,7-10,14H,4,6H2,1-3H3,(H,15,17). The molecule has 20 heavy (non-hydrogen) atoms. The second-order valence-corrected chi connectivity index (χ2v) is 7.40. The summed E-state index contributed by atoms with van der Waals surface area (Å²) in [7, 11) is 0. The van der Waals surface area contributed by atoms with Crippen LogP contribution in [0.3, 0.4) is 0 Å². The molecule has 2 atom stereocenters. The van der Waals surface area contributed by atoms with Gasteiger partial charge in [-0.15, -0.1) is 11.8 Å². The van der Waals surface area contributed by atoms with Gasteiger partial charge in [0, 0.05) is 19.0 Å². The van der Waals surface area contributed by atoms with Crippen molar-refractivity contribution >= 4 is 34.9 Å². The van der Waals surface area contributed by atoms with Gasteiger partial charge in [0.25, 0.3) is 0 Å². The molecule has 0 aromatic carbocycles. The van der Waals surface area contributed by atoms with Crippen LogP contribution in [0, 0.1) is 0 Å². The highest BCUT2D eigenvalue weighted by Gasteiger charge is 2.38. The Morgan fingerprint density at radius 1 is 1.50 bits per heavy atom. The van der Waals surface area contributed by atoms with Gasteiger partial charge in [-0.05, 0) is 43.2 Å². The number of hydrogen-bond acceptors (Lipinski definition) is 4. The van der Waals surface area contributed by atoms with E-state index in [1.54, 1.807) is 23.1 Å². The first-order chi connectivity index (χ1) is 9.49. The van der Waals surface area contributed by atoms with Crippen molar-refractivity contribution in [2.45, 2.75) is 43.9 Å². The maximum Gasteiger partial charge on any atom is 0.236 e. The van der Waals surface area contributed by atoms with Crippen molar-refractivity contribution in [1.82, 2.24) is 10.2 Å². The van der Waals surface area contributed by atoms with Crippen LogP contribution in [0.4, 0.5) is 0 Å². The number of hydrogen-bond donors (Lipinski definition) is 1. The zero-order valence-corrected chi connectivity index (χ0v) is 13.6. The zero-order valence-electron chi connectivity index (χ0n) is 12.0. The molecule has 4 nitrogen and oxygen atoms in total. The number of nitrogens with zero attached hydrogens (tertiary/aromatic N) is 1. The lowest BCUT2D eigenvalue weighted by molar-refractivity contribution is -0.130. The Kier molecular flexibility index (Phi) is 5.10. The maximum atomic E-state index is 12.2. The fourth-order valence-electron chi connectivity index (χ4n) is 2.19. The predicted molar refractivity (Wildman–Crippen MR) is 83.7 cm³/mol. The van der Waals surface area contributed by atoms with Gasteiger partial charge < -0.3 is 10.2 Å². The molecule has 0 spiro atoms. The van der Waals surface area contributed by atoms with E-state index in [0.29, 0.717) is 13.0 Å². The van der Waals surface area contributed by atoms with Crippen LogP contribution in [0.2, 0.25) is 0 Å². The van der Waals surface area contributed by atoms with Crippen LogP contribution >= 0.6 is 23.1 Å². The van der Waals surface area contributed by atoms with Gasteiger partial charge in [-0.1, -0.05) is 0 Å². The van der Waals surface area contributed by atoms with Crippen molar-refractivity contribution in [2.75, 3.05) is 6.54 Å². The smallest absolute Gasteiger partial charge is 0.236 e. The van der Waals surface area contributed by atoms with Crippen LogP contribution in [0.1, 0.15) is 38.1 Å². The van der Waals surface area contributed by atoms with Crippen molar-refractivity contribution in [1.29, 1.82) is 0 Å². The van der Waals surface area contributed by atoms with Gasteiger partial charge in [-0.2, -0.15) is 11.3 Å². The Bertz CT molecular complexity index is 474. The molecule has 1 aliphatic heterocycles. The molecule has 2 heterocycles. The lowest BCUT2D eigenvalue weighted by atomic mass is 10.2. The SMILES string of the molecule is CC(C)NC(=O)CCN1C(=O)C(C)SC1c1ccsc1. The number of nitrogens with one attached hydrogen (secondary N) is 1. The summed E-state index contributed by atoms with van der Waals surface area (Å²) in [5, 5.41) is 6.97. The maximum absolute atomic E-state index is 12.2. The van der Waals surface area contributed by atoms with Crippen molar-refractivity contribution in [2.24, 2.45) is 0 Å². The summed E-state index contributed by atoms with van der Waals surface area (Å²) in [6.45, 7) is 6.28. The molecular weight excluding hydrogens is 292 g/mol. The van der Waals surface area contributed by atoms with E-state index in [1.807, 2.05) is 31.1 Å². The minimum Gasteiger partial charge on any atom is -0.354 e. The largest absolute Gasteiger partial charge is 0.354 e. The molecule has 1 saturated heterocycles. The second kappa shape index (κ2) is 6.63. The molecule has 2 rings (SSSR count). The van der Waals surface area contributed by atoms with Crippen molar-refractivity contribution in [3.8, 4) is 0 Å². The molecule has 1 aromatic heterocycles. The third-order valence-corrected chi connectivity index (χ3v) is 5.20. The number of rotatable bonds is 5. The molecule has 1 aromatic rings. The second-order valence-electron chi connectivity index (χ2n) is 5.19. The van der Waals surface area contributed by atoms with E-state index >= 15 is 0 Å². The van der Waals surface area contributed by atoms with Crippen LogP contribution in [0.15, 0.2) is 16.8 Å². The number of carbonyl (C=O) groups is 2. The third kappa shape index (κ3) is 3.55. The Morgan fingerprint density at radius 3 is 2.85 bits per heavy atom. The lowest BCUT2D eigenvalue weighted by Gasteiger charge is -2.23. The molecular formula is C14H20N2O2S2. The summed E-state index contributed by atoms with van der Waals surface area (Å²) in [4.78, 5) is 25.8. The third-order valence-electron chi connectivity index (χ3n) is 3.10. The minimum absolute atomic E-state index is 0.00132. The lowest BCUT2D eigenvalue weighted by Crippen LogP contribution is -2.36. The van der Waals surface area contributed by atoms with Gasteiger partial charge >= 0.3 is 0 Å². The molecule has 1 N–H and O–H groups in total. The van der Waals surface area contributed by atoms with Crippen LogP contribution in [-0.2, 0) is 9.59 Å². The van der Waals surface area contributed by atoms with Crippen LogP contribution in [0.25, 0.3) is 0 Å². The minimum atomic E-state index is -0.0342. The van der Waals surface area contributed by atoms with E-state index < -0.39 is 0 Å². The Morgan fingerprint density at radius 2 is 2.25 bits per heavy atom. The number of thioether (sulfide) groups is 1. The Hall–Kier alpha value is -1.01. The molecule has 0 radical (unpaired) electrons. The quantitative estimate of drug-likeness (QED) is 0.909. The fourth-order valence-corrected chi connectivity index (χ4v) is 4.26. The van der Waals surface area contributed by atoms with E-state index in [9.17, 15) is 9.59 Å². The van der Waals surface area contributed by atoms with Gasteiger partial charge in [0.1, 0.15) is 5.37 Å². The van der Waals surface area contributed by atoms with E-state index in [0.717, 1.165) is 5.56 Å². The highest BCUT2D eigenvalue weighted by molar-refractivity contribution is 8.01. The predicted octanol–water partition coefficient (Wildman–Crippen LogP) is 2.63. The van der Waals surface area contributed by atoms with Gasteiger partial charge in [0.15, 0.2) is 0 Å². The average Bonchev–Trinajstić information content (AvgIpc) is 2.97. The normalized spacial score (nSPS) is 22.6. The summed E-state index contributed by atoms with van der Waals surface area (Å²) in [5.41, 5.74) is 1.15. The first-order valence-corrected chi connectivity index (χ1v) is 8.65. The molecule has 1 fully saturated rings. The molecule has 0 aliphatic carbocycles. The van der Waals surface area contributed by atoms with E-state index in [1.165, 1.54) is 0 Å². The summed E-state index contributed by atoms with van der Waals surface area (Å²) >= 11 is 3.29. The van der Waals surface area contributed by atoms with Gasteiger partial charge in [-0.3, -0.25) is 9.59 Å². The molecule has 110 valence electrons. The summed E-state index contributed by atoms with van der Waals surface area (Å²) < 4.78 is 0. The van der Waals surface area contributed by atoms with Crippen molar-refractivity contribution in [3.05, 3.63) is 22.4 Å². The molecule has 1 aliphatic rings. The molecule has 2 amide bonds. The fraction of sp³-hybridized carbons (Fsp3) is 0.571. The van der Waals surface area contributed by atoms with Gasteiger partial charge in [0.05, 0.1) is 5.25 Å². The van der Waals surface area contributed by atoms with Crippen molar-refractivity contribution < 1.29 is 9.59 Å². The number of thiophene rings is 1. The molecule has 0 bridgehead atoms. The first kappa shape index (κ1) is 15.4.